The fourth-order valence-electron chi connectivity index (χ4n) is 19.9. The van der Waals surface area contributed by atoms with E-state index in [4.69, 9.17) is 8.83 Å². The van der Waals surface area contributed by atoms with Gasteiger partial charge < -0.3 is 30.8 Å². The van der Waals surface area contributed by atoms with Crippen molar-refractivity contribution >= 4 is 121 Å². The Balaban J connectivity index is 0.0000000956. The van der Waals surface area contributed by atoms with Crippen molar-refractivity contribution in [1.29, 1.82) is 0 Å². The molecule has 0 aliphatic carbocycles. The molecule has 0 aliphatic rings. The van der Waals surface area contributed by atoms with E-state index in [-0.39, 0.29) is 0 Å². The number of rotatable bonds is 6. The van der Waals surface area contributed by atoms with Gasteiger partial charge in [-0.15, -0.1) is 9.20 Å². The van der Waals surface area contributed by atoms with Crippen LogP contribution < -0.4 is 27.5 Å². The van der Waals surface area contributed by atoms with Gasteiger partial charge in [0.1, 0.15) is 74.3 Å². The summed E-state index contributed by atoms with van der Waals surface area (Å²) in [5, 5.41) is 9.85. The molecule has 132 heavy (non-hydrogen) atoms. The largest absolute Gasteiger partial charge is 0.455 e. The smallest absolute Gasteiger partial charge is 0.240 e. The fourth-order valence-corrected chi connectivity index (χ4v) is 19.9. The summed E-state index contributed by atoms with van der Waals surface area (Å²) in [6, 6.07) is 115. The molecule has 0 spiro atoms. The highest BCUT2D eigenvalue weighted by Crippen LogP contribution is 2.43. The maximum atomic E-state index is 6.28. The summed E-state index contributed by atoms with van der Waals surface area (Å²) in [6.07, 6.45) is 25.3. The molecule has 0 radical (unpaired) electrons. The first-order valence-electron chi connectivity index (χ1n) is 45.0. The predicted molar refractivity (Wildman–Crippen MR) is 537 cm³/mol. The second kappa shape index (κ2) is 34.2. The third-order valence-electron chi connectivity index (χ3n) is 26.5. The maximum absolute atomic E-state index is 6.28. The number of aryl methyl sites for hydroxylation is 12. The van der Waals surface area contributed by atoms with E-state index >= 15 is 0 Å². The van der Waals surface area contributed by atoms with Crippen LogP contribution in [0.15, 0.2) is 411 Å². The number of nitrogens with zero attached hydrogens (tertiary/aromatic N) is 12. The molecule has 0 aliphatic heterocycles. The molecule has 0 atom stereocenters. The lowest BCUT2D eigenvalue weighted by Crippen LogP contribution is -2.34. The number of aromatic nitrogens is 12. The monoisotopic (exact) mass is 1720 g/mol. The molecule has 26 rings (SSSR count). The molecule has 8 aromatic carbocycles. The Bertz CT molecular complexity index is 8980. The van der Waals surface area contributed by atoms with Gasteiger partial charge in [0.05, 0.1) is 78.2 Å². The first-order valence-corrected chi connectivity index (χ1v) is 45.0. The van der Waals surface area contributed by atoms with E-state index in [1.165, 1.54) is 172 Å². The summed E-state index contributed by atoms with van der Waals surface area (Å²) in [6.45, 7) is 13.1. The lowest BCUT2D eigenvalue weighted by atomic mass is 10.0. The third-order valence-corrected chi connectivity index (χ3v) is 26.5. The van der Waals surface area contributed by atoms with Crippen LogP contribution in [0.4, 0.5) is 0 Å². The zero-order valence-corrected chi connectivity index (χ0v) is 76.3. The van der Waals surface area contributed by atoms with E-state index in [2.05, 4.69) is 516 Å². The van der Waals surface area contributed by atoms with Crippen molar-refractivity contribution in [3.63, 3.8) is 0 Å². The van der Waals surface area contributed by atoms with Gasteiger partial charge >= 0.3 is 0 Å². The van der Waals surface area contributed by atoms with E-state index in [9.17, 15) is 0 Å². The standard InChI is InChI=1S/2C21H17N2O.4C19H17N2/c1-14-10-11-17-16-7-3-4-9-19(16)24-21(17)20(14)18-8-5-6-15-12-13-22(2)23(15)18;1-14-9-10-16-15-6-3-4-8-18(15)24-21(16)19(14)20-17-7-5-11-23(17)13-12-22(20)2;1-14-8-7-13-21-16-10-4-3-9-15(16)18(19(14)21)17-11-5-6-12-20(17)2;1-14-15-8-3-4-11-18(15)21-13-7-9-16(19(14)21)17-10-5-6-12-20(17)2;1-14-16(18-9-5-6-11-20(18)2)10-12-21-17-8-4-3-7-15(17)13-19(14)21;1-14-10-12-21-16-8-4-3-7-15(16)13-18(21)19(14)17-9-5-6-11-20(17)2/h2*3-13H,1-2H3;4*3-13H,1-2H3/q6*+1. The van der Waals surface area contributed by atoms with E-state index < -0.39 is 0 Å². The zero-order valence-electron chi connectivity index (χ0n) is 76.3. The van der Waals surface area contributed by atoms with Crippen LogP contribution in [0.25, 0.3) is 188 Å². The normalized spacial score (nSPS) is 11.5. The summed E-state index contributed by atoms with van der Waals surface area (Å²) >= 11 is 0. The quantitative estimate of drug-likeness (QED) is 0.156. The maximum Gasteiger partial charge on any atom is 0.240 e. The van der Waals surface area contributed by atoms with E-state index in [0.29, 0.717) is 0 Å². The molecule has 0 N–H and O–H groups in total. The topological polar surface area (TPSA) is 76.0 Å². The Morgan fingerprint density at radius 3 is 1.36 bits per heavy atom. The summed E-state index contributed by atoms with van der Waals surface area (Å²) in [5.41, 5.74) is 38.7. The second-order valence-corrected chi connectivity index (χ2v) is 34.6. The highest BCUT2D eigenvalue weighted by molar-refractivity contribution is 6.12. The molecule has 18 heterocycles. The molecule has 0 fully saturated rings. The minimum Gasteiger partial charge on any atom is -0.455 e. The predicted octanol–water partition coefficient (Wildman–Crippen LogP) is 24.8. The van der Waals surface area contributed by atoms with Crippen LogP contribution in [0.2, 0.25) is 0 Å². The van der Waals surface area contributed by atoms with Gasteiger partial charge in [-0.1, -0.05) is 146 Å². The Morgan fingerprint density at radius 2 is 0.727 bits per heavy atom. The van der Waals surface area contributed by atoms with Crippen molar-refractivity contribution in [1.82, 2.24) is 26.5 Å². The Labute approximate surface area is 765 Å². The van der Waals surface area contributed by atoms with E-state index in [0.717, 1.165) is 49.9 Å². The number of hydrogen-bond acceptors (Lipinski definition) is 2. The molecule has 0 bridgehead atoms. The molecule has 0 unspecified atom stereocenters. The minimum absolute atomic E-state index is 0.934. The Kier molecular flexibility index (Phi) is 21.4. The van der Waals surface area contributed by atoms with Crippen LogP contribution in [0, 0.1) is 41.5 Å². The first kappa shape index (κ1) is 82.4. The van der Waals surface area contributed by atoms with Crippen LogP contribution in [0.3, 0.4) is 0 Å². The first-order chi connectivity index (χ1) is 64.5. The highest BCUT2D eigenvalue weighted by atomic mass is 16.3. The molecule has 0 amide bonds. The van der Waals surface area contributed by atoms with Crippen molar-refractivity contribution in [2.45, 2.75) is 41.5 Å². The van der Waals surface area contributed by atoms with Crippen molar-refractivity contribution in [3.05, 3.63) is 435 Å². The Hall–Kier alpha value is -16.6. The number of fused-ring (bicyclic) bond motifs is 20. The molecule has 640 valence electrons. The van der Waals surface area contributed by atoms with Crippen molar-refractivity contribution in [3.8, 4) is 67.5 Å². The van der Waals surface area contributed by atoms with Gasteiger partial charge in [0.25, 0.3) is 0 Å². The Morgan fingerprint density at radius 1 is 0.250 bits per heavy atom. The van der Waals surface area contributed by atoms with Gasteiger partial charge in [0.15, 0.2) is 44.2 Å². The third kappa shape index (κ3) is 14.4. The summed E-state index contributed by atoms with van der Waals surface area (Å²) in [5.74, 6) is 0. The zero-order chi connectivity index (χ0) is 90.1. The molecular formula is C118H102N12O2+6. The molecule has 26 aromatic rings. The van der Waals surface area contributed by atoms with Crippen LogP contribution in [-0.2, 0) is 42.3 Å². The van der Waals surface area contributed by atoms with Gasteiger partial charge in [0.2, 0.25) is 28.5 Å². The number of benzene rings is 8. The van der Waals surface area contributed by atoms with Gasteiger partial charge in [-0.25, -0.2) is 18.3 Å². The van der Waals surface area contributed by atoms with Crippen LogP contribution in [-0.4, -0.2) is 26.5 Å². The molecule has 0 saturated heterocycles. The summed E-state index contributed by atoms with van der Waals surface area (Å²) in [4.78, 5) is 0. The number of hydrogen-bond donors (Lipinski definition) is 0. The lowest BCUT2D eigenvalue weighted by Gasteiger charge is -2.08. The van der Waals surface area contributed by atoms with Crippen molar-refractivity contribution in [2.24, 2.45) is 42.3 Å². The van der Waals surface area contributed by atoms with E-state index in [1.807, 2.05) is 24.3 Å². The van der Waals surface area contributed by atoms with Gasteiger partial charge in [-0.05, 0) is 202 Å². The van der Waals surface area contributed by atoms with Crippen molar-refractivity contribution in [2.75, 3.05) is 0 Å². The average molecular weight is 1720 g/mol. The molecule has 0 saturated carbocycles. The summed E-state index contributed by atoms with van der Waals surface area (Å²) in [7, 11) is 12.5. The van der Waals surface area contributed by atoms with Crippen LogP contribution in [0.1, 0.15) is 33.4 Å². The number of para-hydroxylation sites is 6. The van der Waals surface area contributed by atoms with Gasteiger partial charge in [0, 0.05) is 134 Å². The molecule has 18 aromatic heterocycles. The van der Waals surface area contributed by atoms with Gasteiger partial charge in [-0.3, -0.25) is 0 Å². The molecule has 14 heteroatoms. The fraction of sp³-hybridized carbons (Fsp3) is 0.102. The van der Waals surface area contributed by atoms with Crippen molar-refractivity contribution < 1.29 is 36.4 Å². The minimum atomic E-state index is 0.934. The molecular weight excluding hydrogens is 1620 g/mol. The highest BCUT2D eigenvalue weighted by Gasteiger charge is 2.28. The number of pyridine rings is 9. The van der Waals surface area contributed by atoms with Gasteiger partial charge in [-0.2, -0.15) is 4.57 Å². The average Bonchev–Trinajstić information content (AvgIpc) is 1.39. The second-order valence-electron chi connectivity index (χ2n) is 34.6. The van der Waals surface area contributed by atoms with Crippen LogP contribution in [0.5, 0.6) is 0 Å². The molecule has 14 nitrogen and oxygen atoms in total. The SMILES string of the molecule is Cc1c(-c2cccc[n+]2C)ccn2c1cc1ccccc12.Cc1c2ccccc2n2cccc(-c3cccc[n+]3C)c12.Cc1ccc2c(oc3ccccc32)c1-c1c2cccn2cc[n+]1C.Cc1ccc2c(oc3ccccc32)c1-c1cccc2cc[n+](C)n12.Cc1cccn2c1c(-c1cccc[n+]1C)c1ccccc12.Cc1ccn2c(cc3ccccc32)c1-c1cccc[n+]1C. The van der Waals surface area contributed by atoms with Crippen LogP contribution >= 0.6 is 0 Å². The number of furan rings is 2. The lowest BCUT2D eigenvalue weighted by molar-refractivity contribution is -0.736. The van der Waals surface area contributed by atoms with E-state index in [1.54, 1.807) is 0 Å². The summed E-state index contributed by atoms with van der Waals surface area (Å²) < 4.78 is 39.0.